The minimum absolute atomic E-state index is 0.213. The zero-order chi connectivity index (χ0) is 15.2. The lowest BCUT2D eigenvalue weighted by molar-refractivity contribution is 0.383. The Balaban J connectivity index is 2.26. The number of hydrogen-bond acceptors (Lipinski definition) is 2. The molecule has 0 radical (unpaired) electrons. The second kappa shape index (κ2) is 7.57. The maximum absolute atomic E-state index is 14.3. The molecule has 0 spiro atoms. The smallest absolute Gasteiger partial charge is 0.168 e. The van der Waals surface area contributed by atoms with E-state index >= 15 is 0 Å². The van der Waals surface area contributed by atoms with Crippen LogP contribution in [0.4, 0.5) is 4.39 Å². The molecule has 1 atom stereocenters. The molecule has 0 fully saturated rings. The van der Waals surface area contributed by atoms with E-state index in [4.69, 9.17) is 4.74 Å². The van der Waals surface area contributed by atoms with E-state index < -0.39 is 0 Å². The molecule has 21 heavy (non-hydrogen) atoms. The molecule has 1 N–H and O–H groups in total. The Morgan fingerprint density at radius 3 is 2.52 bits per heavy atom. The van der Waals surface area contributed by atoms with Crippen molar-refractivity contribution in [2.75, 3.05) is 20.7 Å². The molecule has 0 aromatic heterocycles. The standard InChI is InChI=1S/C17H19BrFNO/c1-20-11-14(12-6-8-15(18)9-7-12)10-13-4-3-5-16(21-2)17(13)19/h3-9,14,20H,10-11H2,1-2H3. The van der Waals surface area contributed by atoms with Gasteiger partial charge in [-0.15, -0.1) is 0 Å². The van der Waals surface area contributed by atoms with Gasteiger partial charge in [-0.1, -0.05) is 40.2 Å². The molecular weight excluding hydrogens is 333 g/mol. The fourth-order valence-corrected chi connectivity index (χ4v) is 2.69. The second-order valence-corrected chi connectivity index (χ2v) is 5.86. The lowest BCUT2D eigenvalue weighted by Crippen LogP contribution is -2.19. The van der Waals surface area contributed by atoms with E-state index in [1.54, 1.807) is 6.07 Å². The van der Waals surface area contributed by atoms with Crippen LogP contribution in [-0.4, -0.2) is 20.7 Å². The summed E-state index contributed by atoms with van der Waals surface area (Å²) in [6.07, 6.45) is 0.630. The minimum atomic E-state index is -0.266. The first-order valence-electron chi connectivity index (χ1n) is 6.87. The Morgan fingerprint density at radius 2 is 1.90 bits per heavy atom. The summed E-state index contributed by atoms with van der Waals surface area (Å²) in [5, 5.41) is 3.18. The molecule has 0 aliphatic carbocycles. The van der Waals surface area contributed by atoms with Gasteiger partial charge in [-0.3, -0.25) is 0 Å². The maximum Gasteiger partial charge on any atom is 0.168 e. The summed E-state index contributed by atoms with van der Waals surface area (Å²) in [5.41, 5.74) is 1.87. The molecule has 0 aliphatic rings. The zero-order valence-electron chi connectivity index (χ0n) is 12.2. The monoisotopic (exact) mass is 351 g/mol. The van der Waals surface area contributed by atoms with Gasteiger partial charge in [0.2, 0.25) is 0 Å². The third kappa shape index (κ3) is 4.05. The van der Waals surface area contributed by atoms with E-state index in [0.29, 0.717) is 17.7 Å². The molecule has 0 amide bonds. The van der Waals surface area contributed by atoms with Crippen LogP contribution >= 0.6 is 15.9 Å². The van der Waals surface area contributed by atoms with Gasteiger partial charge in [0, 0.05) is 16.9 Å². The van der Waals surface area contributed by atoms with Crippen molar-refractivity contribution >= 4 is 15.9 Å². The van der Waals surface area contributed by atoms with E-state index in [1.165, 1.54) is 12.7 Å². The molecule has 1 unspecified atom stereocenters. The Bertz CT molecular complexity index is 586. The normalized spacial score (nSPS) is 12.2. The fourth-order valence-electron chi connectivity index (χ4n) is 2.43. The third-order valence-corrected chi connectivity index (χ3v) is 4.05. The van der Waals surface area contributed by atoms with Crippen LogP contribution in [0, 0.1) is 5.82 Å². The first-order chi connectivity index (χ1) is 10.2. The molecule has 0 heterocycles. The van der Waals surface area contributed by atoms with Crippen LogP contribution in [0.5, 0.6) is 5.75 Å². The molecule has 2 aromatic rings. The Hall–Kier alpha value is -1.39. The number of halogens is 2. The summed E-state index contributed by atoms with van der Waals surface area (Å²) < 4.78 is 20.4. The minimum Gasteiger partial charge on any atom is -0.494 e. The number of ether oxygens (including phenoxy) is 1. The van der Waals surface area contributed by atoms with Gasteiger partial charge < -0.3 is 10.1 Å². The van der Waals surface area contributed by atoms with Gasteiger partial charge in [0.25, 0.3) is 0 Å². The Morgan fingerprint density at radius 1 is 1.19 bits per heavy atom. The number of likely N-dealkylation sites (N-methyl/N-ethyl adjacent to an activating group) is 1. The van der Waals surface area contributed by atoms with Gasteiger partial charge in [-0.05, 0) is 42.8 Å². The van der Waals surface area contributed by atoms with Crippen LogP contribution in [0.25, 0.3) is 0 Å². The van der Waals surface area contributed by atoms with Gasteiger partial charge in [0.15, 0.2) is 11.6 Å². The topological polar surface area (TPSA) is 21.3 Å². The first kappa shape index (κ1) is 16.0. The Kier molecular flexibility index (Phi) is 5.76. The Labute approximate surface area is 133 Å². The summed E-state index contributed by atoms with van der Waals surface area (Å²) in [6.45, 7) is 0.790. The van der Waals surface area contributed by atoms with Gasteiger partial charge in [-0.2, -0.15) is 0 Å². The lowest BCUT2D eigenvalue weighted by Gasteiger charge is -2.18. The highest BCUT2D eigenvalue weighted by Gasteiger charge is 2.16. The second-order valence-electron chi connectivity index (χ2n) is 4.94. The van der Waals surface area contributed by atoms with Crippen molar-refractivity contribution in [2.24, 2.45) is 0 Å². The van der Waals surface area contributed by atoms with E-state index in [1.807, 2.05) is 31.3 Å². The van der Waals surface area contributed by atoms with Crippen molar-refractivity contribution in [1.29, 1.82) is 0 Å². The molecule has 112 valence electrons. The SMILES string of the molecule is CNCC(Cc1cccc(OC)c1F)c1ccc(Br)cc1. The molecule has 4 heteroatoms. The van der Waals surface area contributed by atoms with Crippen LogP contribution in [0.15, 0.2) is 46.9 Å². The van der Waals surface area contributed by atoms with Gasteiger partial charge in [0.05, 0.1) is 7.11 Å². The van der Waals surface area contributed by atoms with E-state index in [0.717, 1.165) is 11.0 Å². The number of hydrogen-bond donors (Lipinski definition) is 1. The first-order valence-corrected chi connectivity index (χ1v) is 7.66. The average Bonchev–Trinajstić information content (AvgIpc) is 2.49. The average molecular weight is 352 g/mol. The summed E-state index contributed by atoms with van der Waals surface area (Å²) in [5.74, 6) is 0.245. The molecule has 0 bridgehead atoms. The fraction of sp³-hybridized carbons (Fsp3) is 0.294. The highest BCUT2D eigenvalue weighted by Crippen LogP contribution is 2.27. The number of rotatable bonds is 6. The van der Waals surface area contributed by atoms with Crippen molar-refractivity contribution in [3.05, 3.63) is 63.9 Å². The summed E-state index contributed by atoms with van der Waals surface area (Å²) in [4.78, 5) is 0. The van der Waals surface area contributed by atoms with Crippen molar-refractivity contribution < 1.29 is 9.13 Å². The van der Waals surface area contributed by atoms with Crippen LogP contribution < -0.4 is 10.1 Å². The summed E-state index contributed by atoms with van der Waals surface area (Å²) in [7, 11) is 3.40. The van der Waals surface area contributed by atoms with Gasteiger partial charge in [-0.25, -0.2) is 4.39 Å². The van der Waals surface area contributed by atoms with Gasteiger partial charge >= 0.3 is 0 Å². The van der Waals surface area contributed by atoms with E-state index in [-0.39, 0.29) is 11.7 Å². The van der Waals surface area contributed by atoms with Crippen molar-refractivity contribution in [3.63, 3.8) is 0 Å². The van der Waals surface area contributed by atoms with Crippen LogP contribution in [-0.2, 0) is 6.42 Å². The van der Waals surface area contributed by atoms with Crippen LogP contribution in [0.2, 0.25) is 0 Å². The predicted molar refractivity (Wildman–Crippen MR) is 87.5 cm³/mol. The van der Waals surface area contributed by atoms with Crippen LogP contribution in [0.1, 0.15) is 17.0 Å². The molecule has 2 aromatic carbocycles. The lowest BCUT2D eigenvalue weighted by atomic mass is 9.91. The summed E-state index contributed by atoms with van der Waals surface area (Å²) >= 11 is 3.44. The molecule has 2 rings (SSSR count). The quantitative estimate of drug-likeness (QED) is 0.844. The van der Waals surface area contributed by atoms with Crippen molar-refractivity contribution in [3.8, 4) is 5.75 Å². The largest absolute Gasteiger partial charge is 0.494 e. The number of nitrogens with one attached hydrogen (secondary N) is 1. The predicted octanol–water partition coefficient (Wildman–Crippen LogP) is 4.14. The van der Waals surface area contributed by atoms with Crippen molar-refractivity contribution in [1.82, 2.24) is 5.32 Å². The molecular formula is C17H19BrFNO. The highest BCUT2D eigenvalue weighted by atomic mass is 79.9. The van der Waals surface area contributed by atoms with Crippen LogP contribution in [0.3, 0.4) is 0 Å². The number of benzene rings is 2. The maximum atomic E-state index is 14.3. The molecule has 0 saturated carbocycles. The summed E-state index contributed by atoms with van der Waals surface area (Å²) in [6, 6.07) is 13.5. The third-order valence-electron chi connectivity index (χ3n) is 3.52. The molecule has 0 saturated heterocycles. The molecule has 2 nitrogen and oxygen atoms in total. The highest BCUT2D eigenvalue weighted by molar-refractivity contribution is 9.10. The van der Waals surface area contributed by atoms with Gasteiger partial charge in [0.1, 0.15) is 0 Å². The zero-order valence-corrected chi connectivity index (χ0v) is 13.8. The van der Waals surface area contributed by atoms with E-state index in [2.05, 4.69) is 33.4 Å². The molecule has 0 aliphatic heterocycles. The van der Waals surface area contributed by atoms with Crippen molar-refractivity contribution in [2.45, 2.75) is 12.3 Å². The number of methoxy groups -OCH3 is 1. The van der Waals surface area contributed by atoms with E-state index in [9.17, 15) is 4.39 Å².